The Morgan fingerprint density at radius 2 is 1.70 bits per heavy atom. The monoisotopic (exact) mass is 439 g/mol. The van der Waals surface area contributed by atoms with Gasteiger partial charge < -0.3 is 18.9 Å². The zero-order chi connectivity index (χ0) is 22.7. The van der Waals surface area contributed by atoms with E-state index in [9.17, 15) is 13.8 Å². The molecule has 1 aromatic carbocycles. The van der Waals surface area contributed by atoms with Gasteiger partial charge in [0.25, 0.3) is 0 Å². The van der Waals surface area contributed by atoms with Crippen molar-refractivity contribution in [2.75, 3.05) is 21.3 Å². The molecule has 0 aromatic heterocycles. The number of para-hydroxylation sites is 1. The third-order valence-electron chi connectivity index (χ3n) is 5.01. The number of ether oxygens (including phenoxy) is 4. The second-order valence-electron chi connectivity index (χ2n) is 7.85. The van der Waals surface area contributed by atoms with Gasteiger partial charge in [0.15, 0.2) is 0 Å². The van der Waals surface area contributed by atoms with Crippen LogP contribution in [0.2, 0.25) is 0 Å². The van der Waals surface area contributed by atoms with Crippen molar-refractivity contribution in [1.82, 2.24) is 0 Å². The molecule has 0 N–H and O–H groups in total. The highest BCUT2D eigenvalue weighted by molar-refractivity contribution is 7.85. The normalized spacial score (nSPS) is 22.8. The van der Waals surface area contributed by atoms with Gasteiger partial charge >= 0.3 is 17.5 Å². The van der Waals surface area contributed by atoms with Gasteiger partial charge in [-0.25, -0.2) is 13.8 Å². The lowest BCUT2D eigenvalue weighted by Crippen LogP contribution is -2.52. The molecule has 30 heavy (non-hydrogen) atoms. The van der Waals surface area contributed by atoms with Crippen LogP contribution < -0.4 is 4.74 Å². The SMILES string of the molecule is CC[C@H]1/C(=N/S(=O)C(C)(C)C)OC(C(=O)OC)(C(=O)OC)[C@@H]1c1ccccc1OC. The van der Waals surface area contributed by atoms with E-state index in [2.05, 4.69) is 4.40 Å². The van der Waals surface area contributed by atoms with Crippen LogP contribution >= 0.6 is 0 Å². The van der Waals surface area contributed by atoms with Gasteiger partial charge in [0.05, 0.1) is 32.0 Å². The fourth-order valence-corrected chi connectivity index (χ4v) is 4.14. The van der Waals surface area contributed by atoms with Gasteiger partial charge in [-0.1, -0.05) is 25.1 Å². The molecule has 0 aliphatic carbocycles. The third-order valence-corrected chi connectivity index (χ3v) is 6.40. The van der Waals surface area contributed by atoms with Crippen molar-refractivity contribution in [2.24, 2.45) is 10.3 Å². The van der Waals surface area contributed by atoms with E-state index >= 15 is 0 Å². The molecule has 9 heteroatoms. The standard InChI is InChI=1S/C21H29NO7S/c1-8-13-16(14-11-9-10-12-15(14)26-5)21(18(23)27-6,19(24)28-7)29-17(13)22-30(25)20(2,3)4/h9-13,16H,8H2,1-7H3/b22-17-/t13-,16+,30?/m1/s1. The van der Waals surface area contributed by atoms with E-state index in [1.807, 2.05) is 6.92 Å². The zero-order valence-corrected chi connectivity index (χ0v) is 19.2. The summed E-state index contributed by atoms with van der Waals surface area (Å²) < 4.78 is 37.7. The van der Waals surface area contributed by atoms with Crippen molar-refractivity contribution >= 4 is 28.8 Å². The molecule has 0 saturated carbocycles. The average Bonchev–Trinajstić information content (AvgIpc) is 3.06. The van der Waals surface area contributed by atoms with Crippen LogP contribution in [0.25, 0.3) is 0 Å². The molecule has 0 spiro atoms. The Bertz CT molecular complexity index is 843. The van der Waals surface area contributed by atoms with Crippen LogP contribution in [0.15, 0.2) is 28.7 Å². The first-order chi connectivity index (χ1) is 14.1. The molecule has 1 aliphatic heterocycles. The lowest BCUT2D eigenvalue weighted by molar-refractivity contribution is -0.178. The number of carbonyl (C=O) groups excluding carboxylic acids is 2. The number of nitrogens with zero attached hydrogens (tertiary/aromatic N) is 1. The minimum Gasteiger partial charge on any atom is -0.496 e. The molecule has 8 nitrogen and oxygen atoms in total. The molecule has 1 saturated heterocycles. The van der Waals surface area contributed by atoms with E-state index in [1.54, 1.807) is 45.0 Å². The van der Waals surface area contributed by atoms with Crippen LogP contribution in [0, 0.1) is 5.92 Å². The number of hydrogen-bond acceptors (Lipinski definition) is 7. The van der Waals surface area contributed by atoms with Gasteiger partial charge in [-0.15, -0.1) is 0 Å². The molecule has 1 aromatic rings. The van der Waals surface area contributed by atoms with Crippen molar-refractivity contribution in [2.45, 2.75) is 50.4 Å². The summed E-state index contributed by atoms with van der Waals surface area (Å²) in [6, 6.07) is 7.02. The number of carbonyl (C=O) groups is 2. The molecule has 1 aliphatic rings. The smallest absolute Gasteiger partial charge is 0.362 e. The Balaban J connectivity index is 2.82. The van der Waals surface area contributed by atoms with E-state index in [-0.39, 0.29) is 5.90 Å². The molecular formula is C21H29NO7S. The maximum Gasteiger partial charge on any atom is 0.362 e. The van der Waals surface area contributed by atoms with Crippen molar-refractivity contribution in [3.8, 4) is 5.75 Å². The van der Waals surface area contributed by atoms with Crippen molar-refractivity contribution in [3.63, 3.8) is 0 Å². The fourth-order valence-electron chi connectivity index (χ4n) is 3.53. The maximum absolute atomic E-state index is 13.0. The predicted molar refractivity (Wildman–Crippen MR) is 113 cm³/mol. The lowest BCUT2D eigenvalue weighted by atomic mass is 9.74. The Labute approximate surface area is 179 Å². The van der Waals surface area contributed by atoms with E-state index in [0.717, 1.165) is 0 Å². The van der Waals surface area contributed by atoms with Gasteiger partial charge in [-0.2, -0.15) is 4.40 Å². The molecule has 0 bridgehead atoms. The first-order valence-electron chi connectivity index (χ1n) is 9.57. The fraction of sp³-hybridized carbons (Fsp3) is 0.571. The van der Waals surface area contributed by atoms with Gasteiger partial charge in [-0.05, 0) is 33.3 Å². The zero-order valence-electron chi connectivity index (χ0n) is 18.4. The van der Waals surface area contributed by atoms with Crippen molar-refractivity contribution < 1.29 is 32.7 Å². The highest BCUT2D eigenvalue weighted by Crippen LogP contribution is 2.50. The number of esters is 2. The summed E-state index contributed by atoms with van der Waals surface area (Å²) in [5.41, 5.74) is -1.57. The molecule has 3 atom stereocenters. The minimum atomic E-state index is -2.14. The second-order valence-corrected chi connectivity index (χ2v) is 9.75. The Hall–Kier alpha value is -2.42. The first-order valence-corrected chi connectivity index (χ1v) is 10.7. The summed E-state index contributed by atoms with van der Waals surface area (Å²) >= 11 is 0. The van der Waals surface area contributed by atoms with Gasteiger partial charge in [0, 0.05) is 11.5 Å². The number of hydrogen-bond donors (Lipinski definition) is 0. The predicted octanol–water partition coefficient (Wildman–Crippen LogP) is 2.78. The highest BCUT2D eigenvalue weighted by atomic mass is 32.2. The number of benzene rings is 1. The first kappa shape index (κ1) is 23.9. The van der Waals surface area contributed by atoms with Crippen molar-refractivity contribution in [1.29, 1.82) is 0 Å². The molecule has 0 amide bonds. The molecule has 2 rings (SSSR count). The average molecular weight is 440 g/mol. The van der Waals surface area contributed by atoms with Crippen molar-refractivity contribution in [3.05, 3.63) is 29.8 Å². The summed E-state index contributed by atoms with van der Waals surface area (Å²) in [7, 11) is 2.16. The quantitative estimate of drug-likeness (QED) is 0.496. The van der Waals surface area contributed by atoms with Gasteiger partial charge in [-0.3, -0.25) is 0 Å². The summed E-state index contributed by atoms with van der Waals surface area (Å²) in [5.74, 6) is -2.71. The Kier molecular flexibility index (Phi) is 7.28. The lowest BCUT2D eigenvalue weighted by Gasteiger charge is -2.30. The summed E-state index contributed by atoms with van der Waals surface area (Å²) in [4.78, 5) is 26.0. The largest absolute Gasteiger partial charge is 0.496 e. The van der Waals surface area contributed by atoms with Crippen LogP contribution in [0.5, 0.6) is 5.75 Å². The summed E-state index contributed by atoms with van der Waals surface area (Å²) in [6.07, 6.45) is 0.457. The number of methoxy groups -OCH3 is 3. The third kappa shape index (κ3) is 4.08. The Morgan fingerprint density at radius 1 is 1.13 bits per heavy atom. The Morgan fingerprint density at radius 3 is 2.17 bits per heavy atom. The molecule has 0 radical (unpaired) electrons. The summed E-state index contributed by atoms with van der Waals surface area (Å²) in [6.45, 7) is 7.19. The van der Waals surface area contributed by atoms with Crippen LogP contribution in [-0.4, -0.2) is 53.7 Å². The van der Waals surface area contributed by atoms with Gasteiger partial charge in [0.2, 0.25) is 5.90 Å². The van der Waals surface area contributed by atoms with E-state index in [1.165, 1.54) is 21.3 Å². The van der Waals surface area contributed by atoms with E-state index in [4.69, 9.17) is 18.9 Å². The molecule has 1 fully saturated rings. The highest BCUT2D eigenvalue weighted by Gasteiger charge is 2.67. The molecular weight excluding hydrogens is 410 g/mol. The topological polar surface area (TPSA) is 100 Å². The molecule has 166 valence electrons. The maximum atomic E-state index is 13.0. The molecule has 1 heterocycles. The minimum absolute atomic E-state index is 0.0532. The van der Waals surface area contributed by atoms with Crippen LogP contribution in [-0.2, 0) is 34.8 Å². The van der Waals surface area contributed by atoms with Gasteiger partial charge in [0.1, 0.15) is 16.7 Å². The van der Waals surface area contributed by atoms with E-state index in [0.29, 0.717) is 17.7 Å². The van der Waals surface area contributed by atoms with Crippen LogP contribution in [0.4, 0.5) is 0 Å². The van der Waals surface area contributed by atoms with Crippen LogP contribution in [0.3, 0.4) is 0 Å². The molecule has 1 unspecified atom stereocenters. The van der Waals surface area contributed by atoms with E-state index < -0.39 is 45.1 Å². The number of rotatable bonds is 6. The summed E-state index contributed by atoms with van der Waals surface area (Å²) in [5, 5.41) is 0. The second kappa shape index (κ2) is 9.16. The van der Waals surface area contributed by atoms with Crippen LogP contribution in [0.1, 0.15) is 45.6 Å².